The minimum atomic E-state index is -0.408. The van der Waals surface area contributed by atoms with Crippen LogP contribution in [-0.4, -0.2) is 18.9 Å². The van der Waals surface area contributed by atoms with Gasteiger partial charge >= 0.3 is 0 Å². The van der Waals surface area contributed by atoms with Crippen molar-refractivity contribution in [2.75, 3.05) is 12.4 Å². The number of nitrogens with one attached hydrogen (secondary N) is 2. The summed E-state index contributed by atoms with van der Waals surface area (Å²) in [5.74, 6) is 0.0682. The van der Waals surface area contributed by atoms with Gasteiger partial charge in [0, 0.05) is 11.9 Å². The van der Waals surface area contributed by atoms with Gasteiger partial charge < -0.3 is 15.4 Å². The smallest absolute Gasteiger partial charge is 0.226 e. The van der Waals surface area contributed by atoms with Gasteiger partial charge in [-0.15, -0.1) is 0 Å². The van der Waals surface area contributed by atoms with Crippen molar-refractivity contribution in [2.24, 2.45) is 0 Å². The maximum absolute atomic E-state index is 12.4. The van der Waals surface area contributed by atoms with Crippen molar-refractivity contribution in [1.82, 2.24) is 5.32 Å². The van der Waals surface area contributed by atoms with E-state index in [-0.39, 0.29) is 18.2 Å². The number of benzene rings is 2. The van der Waals surface area contributed by atoms with Gasteiger partial charge in [0.25, 0.3) is 0 Å². The standard InChI is InChI=1S/C18H19ClN2O3/c1-12(22)20-15(13-6-4-3-5-7-13)11-18(23)21-16-10-14(19)8-9-17(16)24-2/h3-10,15H,11H2,1-2H3,(H,20,22)(H,21,23)/t15-/m1/s1. The summed E-state index contributed by atoms with van der Waals surface area (Å²) in [6, 6.07) is 13.9. The van der Waals surface area contributed by atoms with E-state index in [0.717, 1.165) is 5.56 Å². The molecule has 0 saturated carbocycles. The Bertz CT molecular complexity index is 719. The van der Waals surface area contributed by atoms with Gasteiger partial charge in [0.15, 0.2) is 0 Å². The molecule has 0 aliphatic rings. The van der Waals surface area contributed by atoms with E-state index in [4.69, 9.17) is 16.3 Å². The lowest BCUT2D eigenvalue weighted by atomic mass is 10.0. The van der Waals surface area contributed by atoms with Crippen molar-refractivity contribution in [2.45, 2.75) is 19.4 Å². The summed E-state index contributed by atoms with van der Waals surface area (Å²) in [6.07, 6.45) is 0.0965. The van der Waals surface area contributed by atoms with Crippen LogP contribution in [0.3, 0.4) is 0 Å². The van der Waals surface area contributed by atoms with Crippen LogP contribution in [0.25, 0.3) is 0 Å². The van der Waals surface area contributed by atoms with Crippen LogP contribution in [0.15, 0.2) is 48.5 Å². The Hall–Kier alpha value is -2.53. The highest BCUT2D eigenvalue weighted by Crippen LogP contribution is 2.28. The van der Waals surface area contributed by atoms with Gasteiger partial charge in [-0.05, 0) is 23.8 Å². The van der Waals surface area contributed by atoms with Crippen molar-refractivity contribution >= 4 is 29.1 Å². The number of ether oxygens (including phenoxy) is 1. The lowest BCUT2D eigenvalue weighted by Gasteiger charge is -2.18. The summed E-state index contributed by atoms with van der Waals surface area (Å²) >= 11 is 5.96. The average molecular weight is 347 g/mol. The first kappa shape index (κ1) is 17.8. The highest BCUT2D eigenvalue weighted by molar-refractivity contribution is 6.31. The normalized spacial score (nSPS) is 11.5. The fourth-order valence-electron chi connectivity index (χ4n) is 2.35. The van der Waals surface area contributed by atoms with Gasteiger partial charge in [-0.25, -0.2) is 0 Å². The van der Waals surface area contributed by atoms with Crippen LogP contribution in [0.4, 0.5) is 5.69 Å². The summed E-state index contributed by atoms with van der Waals surface area (Å²) in [4.78, 5) is 23.8. The molecule has 2 aromatic carbocycles. The topological polar surface area (TPSA) is 67.4 Å². The fourth-order valence-corrected chi connectivity index (χ4v) is 2.52. The number of methoxy groups -OCH3 is 1. The third kappa shape index (κ3) is 4.99. The number of anilines is 1. The molecule has 0 unspecified atom stereocenters. The van der Waals surface area contributed by atoms with Gasteiger partial charge in [-0.3, -0.25) is 9.59 Å². The fraction of sp³-hybridized carbons (Fsp3) is 0.222. The molecule has 0 saturated heterocycles. The van der Waals surface area contributed by atoms with Gasteiger partial charge in [0.1, 0.15) is 5.75 Å². The first-order valence-electron chi connectivity index (χ1n) is 7.45. The molecular formula is C18H19ClN2O3. The van der Waals surface area contributed by atoms with Crippen molar-refractivity contribution in [3.8, 4) is 5.75 Å². The first-order valence-corrected chi connectivity index (χ1v) is 7.83. The molecule has 0 bridgehead atoms. The van der Waals surface area contributed by atoms with E-state index in [0.29, 0.717) is 16.5 Å². The molecule has 2 amide bonds. The molecule has 5 nitrogen and oxygen atoms in total. The predicted molar refractivity (Wildman–Crippen MR) is 94.3 cm³/mol. The molecule has 0 aromatic heterocycles. The summed E-state index contributed by atoms with van der Waals surface area (Å²) in [5, 5.41) is 6.06. The molecule has 24 heavy (non-hydrogen) atoms. The summed E-state index contributed by atoms with van der Waals surface area (Å²) < 4.78 is 5.21. The Morgan fingerprint density at radius 3 is 2.50 bits per heavy atom. The lowest BCUT2D eigenvalue weighted by Crippen LogP contribution is -2.29. The van der Waals surface area contributed by atoms with Gasteiger partial charge in [0.2, 0.25) is 11.8 Å². The Morgan fingerprint density at radius 2 is 1.88 bits per heavy atom. The second-order valence-electron chi connectivity index (χ2n) is 5.26. The molecule has 0 radical (unpaired) electrons. The zero-order chi connectivity index (χ0) is 17.5. The molecule has 126 valence electrons. The van der Waals surface area contributed by atoms with E-state index in [1.54, 1.807) is 18.2 Å². The zero-order valence-corrected chi connectivity index (χ0v) is 14.3. The van der Waals surface area contributed by atoms with Crippen molar-refractivity contribution in [3.05, 3.63) is 59.1 Å². The second-order valence-corrected chi connectivity index (χ2v) is 5.70. The number of halogens is 1. The quantitative estimate of drug-likeness (QED) is 0.840. The van der Waals surface area contributed by atoms with Crippen molar-refractivity contribution < 1.29 is 14.3 Å². The molecule has 1 atom stereocenters. The van der Waals surface area contributed by atoms with Gasteiger partial charge in [-0.1, -0.05) is 41.9 Å². The average Bonchev–Trinajstić information content (AvgIpc) is 2.55. The van der Waals surface area contributed by atoms with Gasteiger partial charge in [0.05, 0.1) is 25.3 Å². The monoisotopic (exact) mass is 346 g/mol. The minimum absolute atomic E-state index is 0.0965. The molecule has 2 N–H and O–H groups in total. The minimum Gasteiger partial charge on any atom is -0.495 e. The van der Waals surface area contributed by atoms with E-state index in [9.17, 15) is 9.59 Å². The van der Waals surface area contributed by atoms with Crippen LogP contribution in [0.2, 0.25) is 5.02 Å². The van der Waals surface area contributed by atoms with Crippen molar-refractivity contribution in [3.63, 3.8) is 0 Å². The van der Waals surface area contributed by atoms with Crippen LogP contribution < -0.4 is 15.4 Å². The summed E-state index contributed by atoms with van der Waals surface area (Å²) in [6.45, 7) is 1.42. The number of rotatable bonds is 6. The third-order valence-electron chi connectivity index (χ3n) is 3.40. The maximum Gasteiger partial charge on any atom is 0.226 e. The SMILES string of the molecule is COc1ccc(Cl)cc1NC(=O)C[C@@H](NC(C)=O)c1ccccc1. The molecule has 6 heteroatoms. The Labute approximate surface area is 146 Å². The van der Waals surface area contributed by atoms with Crippen LogP contribution in [0.1, 0.15) is 24.9 Å². The molecule has 0 aliphatic heterocycles. The second kappa shape index (κ2) is 8.36. The molecule has 0 spiro atoms. The van der Waals surface area contributed by atoms with E-state index >= 15 is 0 Å². The number of carbonyl (C=O) groups excluding carboxylic acids is 2. The molecule has 2 aromatic rings. The third-order valence-corrected chi connectivity index (χ3v) is 3.64. The molecule has 0 heterocycles. The van der Waals surface area contributed by atoms with Crippen LogP contribution >= 0.6 is 11.6 Å². The number of amides is 2. The Balaban J connectivity index is 2.13. The molecule has 2 rings (SSSR count). The summed E-state index contributed by atoms with van der Waals surface area (Å²) in [7, 11) is 1.52. The first-order chi connectivity index (χ1) is 11.5. The van der Waals surface area contributed by atoms with E-state index in [1.807, 2.05) is 30.3 Å². The Kier molecular flexibility index (Phi) is 6.21. The van der Waals surface area contributed by atoms with Crippen LogP contribution in [-0.2, 0) is 9.59 Å². The number of hydrogen-bond donors (Lipinski definition) is 2. The predicted octanol–water partition coefficient (Wildman–Crippen LogP) is 3.55. The number of carbonyl (C=O) groups is 2. The zero-order valence-electron chi connectivity index (χ0n) is 13.5. The molecule has 0 fully saturated rings. The Morgan fingerprint density at radius 1 is 1.17 bits per heavy atom. The highest BCUT2D eigenvalue weighted by Gasteiger charge is 2.18. The van der Waals surface area contributed by atoms with Gasteiger partial charge in [-0.2, -0.15) is 0 Å². The van der Waals surface area contributed by atoms with Crippen molar-refractivity contribution in [1.29, 1.82) is 0 Å². The molecule has 0 aliphatic carbocycles. The van der Waals surface area contributed by atoms with E-state index < -0.39 is 6.04 Å². The highest BCUT2D eigenvalue weighted by atomic mass is 35.5. The van der Waals surface area contributed by atoms with Crippen LogP contribution in [0.5, 0.6) is 5.75 Å². The maximum atomic E-state index is 12.4. The van der Waals surface area contributed by atoms with E-state index in [1.165, 1.54) is 14.0 Å². The summed E-state index contributed by atoms with van der Waals surface area (Å²) in [5.41, 5.74) is 1.35. The lowest BCUT2D eigenvalue weighted by molar-refractivity contribution is -0.120. The molecular weight excluding hydrogens is 328 g/mol. The van der Waals surface area contributed by atoms with E-state index in [2.05, 4.69) is 10.6 Å². The van der Waals surface area contributed by atoms with Crippen LogP contribution in [0, 0.1) is 0 Å². The largest absolute Gasteiger partial charge is 0.495 e. The number of hydrogen-bond acceptors (Lipinski definition) is 3.